The smallest absolute Gasteiger partial charge is 0.264 e. The third-order valence-corrected chi connectivity index (χ3v) is 7.48. The molecule has 2 amide bonds. The van der Waals surface area contributed by atoms with Gasteiger partial charge >= 0.3 is 0 Å². The number of nitrogens with two attached hydrogens (primary N) is 1. The highest BCUT2D eigenvalue weighted by Gasteiger charge is 2.38. The van der Waals surface area contributed by atoms with Gasteiger partial charge in [0.1, 0.15) is 0 Å². The first-order chi connectivity index (χ1) is 12.0. The third kappa shape index (κ3) is 3.32. The summed E-state index contributed by atoms with van der Waals surface area (Å²) in [5, 5.41) is 2.05. The van der Waals surface area contributed by atoms with E-state index in [1.807, 2.05) is 35.1 Å². The predicted molar refractivity (Wildman–Crippen MR) is 104 cm³/mol. The molecule has 1 fully saturated rings. The van der Waals surface area contributed by atoms with Crippen LogP contribution in [0.3, 0.4) is 0 Å². The number of piperazine rings is 1. The topological polar surface area (TPSA) is 66.6 Å². The molecule has 3 heterocycles. The molecule has 0 spiro atoms. The zero-order valence-corrected chi connectivity index (χ0v) is 16.4. The third-order valence-electron chi connectivity index (χ3n) is 5.40. The molecule has 1 aliphatic heterocycles. The number of carbonyl (C=O) groups excluding carboxylic acids is 2. The van der Waals surface area contributed by atoms with Crippen molar-refractivity contribution in [3.8, 4) is 0 Å². The van der Waals surface area contributed by atoms with E-state index >= 15 is 0 Å². The molecular weight excluding hydrogens is 354 g/mol. The second-order valence-corrected chi connectivity index (χ2v) is 8.57. The molecular formula is C18H25N3O2S2. The summed E-state index contributed by atoms with van der Waals surface area (Å²) >= 11 is 3.21. The van der Waals surface area contributed by atoms with E-state index in [1.165, 1.54) is 9.40 Å². The van der Waals surface area contributed by atoms with Crippen molar-refractivity contribution >= 4 is 43.9 Å². The van der Waals surface area contributed by atoms with Gasteiger partial charge in [-0.25, -0.2) is 0 Å². The summed E-state index contributed by atoms with van der Waals surface area (Å²) in [4.78, 5) is 30.2. The van der Waals surface area contributed by atoms with Crippen molar-refractivity contribution in [2.45, 2.75) is 26.7 Å². The van der Waals surface area contributed by atoms with E-state index in [0.29, 0.717) is 32.7 Å². The molecule has 0 bridgehead atoms. The van der Waals surface area contributed by atoms with Gasteiger partial charge in [0.15, 0.2) is 0 Å². The van der Waals surface area contributed by atoms with Crippen molar-refractivity contribution in [3.63, 3.8) is 0 Å². The lowest BCUT2D eigenvalue weighted by Gasteiger charge is -2.40. The molecule has 0 saturated carbocycles. The van der Waals surface area contributed by atoms with Crippen LogP contribution in [0.5, 0.6) is 0 Å². The normalized spacial score (nSPS) is 15.8. The van der Waals surface area contributed by atoms with Gasteiger partial charge in [-0.3, -0.25) is 9.59 Å². The van der Waals surface area contributed by atoms with E-state index in [0.717, 1.165) is 17.7 Å². The van der Waals surface area contributed by atoms with Crippen LogP contribution in [-0.4, -0.2) is 54.3 Å². The summed E-state index contributed by atoms with van der Waals surface area (Å²) in [6.07, 6.45) is 1.51. The van der Waals surface area contributed by atoms with Crippen LogP contribution in [0.4, 0.5) is 0 Å². The second kappa shape index (κ2) is 7.43. The molecule has 0 atom stereocenters. The zero-order chi connectivity index (χ0) is 18.0. The Labute approximate surface area is 156 Å². The van der Waals surface area contributed by atoms with Gasteiger partial charge in [-0.1, -0.05) is 13.8 Å². The highest BCUT2D eigenvalue weighted by Crippen LogP contribution is 2.31. The van der Waals surface area contributed by atoms with Crippen molar-refractivity contribution in [2.24, 2.45) is 11.1 Å². The Hall–Kier alpha value is -1.44. The highest BCUT2D eigenvalue weighted by molar-refractivity contribution is 7.27. The van der Waals surface area contributed by atoms with Crippen LogP contribution < -0.4 is 5.73 Å². The summed E-state index contributed by atoms with van der Waals surface area (Å²) in [6, 6.07) is 4.04. The lowest BCUT2D eigenvalue weighted by molar-refractivity contribution is -0.143. The zero-order valence-electron chi connectivity index (χ0n) is 14.8. The van der Waals surface area contributed by atoms with Gasteiger partial charge in [0.05, 0.1) is 10.3 Å². The quantitative estimate of drug-likeness (QED) is 0.868. The van der Waals surface area contributed by atoms with Gasteiger partial charge in [0, 0.05) is 42.1 Å². The largest absolute Gasteiger partial charge is 0.339 e. The molecule has 2 N–H and O–H groups in total. The summed E-state index contributed by atoms with van der Waals surface area (Å²) < 4.78 is 2.33. The fourth-order valence-corrected chi connectivity index (χ4v) is 5.48. The Bertz CT molecular complexity index is 719. The Balaban J connectivity index is 1.64. The van der Waals surface area contributed by atoms with E-state index in [1.54, 1.807) is 22.7 Å². The first-order valence-corrected chi connectivity index (χ1v) is 10.5. The van der Waals surface area contributed by atoms with Gasteiger partial charge in [-0.2, -0.15) is 0 Å². The van der Waals surface area contributed by atoms with Crippen LogP contribution in [0.2, 0.25) is 0 Å². The first kappa shape index (κ1) is 18.4. The average molecular weight is 380 g/mol. The summed E-state index contributed by atoms with van der Waals surface area (Å²) in [7, 11) is 0. The number of nitrogens with zero attached hydrogens (tertiary/aromatic N) is 2. The molecule has 1 saturated heterocycles. The van der Waals surface area contributed by atoms with Crippen molar-refractivity contribution in [2.75, 3.05) is 32.7 Å². The number of hydrogen-bond acceptors (Lipinski definition) is 5. The van der Waals surface area contributed by atoms with Gasteiger partial charge in [-0.15, -0.1) is 22.7 Å². The summed E-state index contributed by atoms with van der Waals surface area (Å²) in [6.45, 7) is 6.78. The molecule has 1 aliphatic rings. The molecule has 2 aromatic heterocycles. The number of hydrogen-bond donors (Lipinski definition) is 1. The Kier molecular flexibility index (Phi) is 5.46. The van der Waals surface area contributed by atoms with Crippen LogP contribution in [0.15, 0.2) is 17.5 Å². The van der Waals surface area contributed by atoms with Gasteiger partial charge in [0.25, 0.3) is 5.91 Å². The van der Waals surface area contributed by atoms with Crippen molar-refractivity contribution < 1.29 is 9.59 Å². The molecule has 7 heteroatoms. The summed E-state index contributed by atoms with van der Waals surface area (Å²) in [5.41, 5.74) is 5.45. The maximum Gasteiger partial charge on any atom is 0.264 e. The van der Waals surface area contributed by atoms with Gasteiger partial charge in [-0.05, 0) is 30.4 Å². The van der Waals surface area contributed by atoms with Gasteiger partial charge < -0.3 is 15.5 Å². The van der Waals surface area contributed by atoms with Crippen molar-refractivity contribution in [1.29, 1.82) is 0 Å². The monoisotopic (exact) mass is 379 g/mol. The lowest BCUT2D eigenvalue weighted by atomic mass is 9.81. The van der Waals surface area contributed by atoms with Crippen molar-refractivity contribution in [1.82, 2.24) is 9.80 Å². The SMILES string of the molecule is CCC(CC)(CN)C(=O)N1CCN(C(=O)c2cc3sccc3s2)CC1. The Morgan fingerprint density at radius 3 is 2.32 bits per heavy atom. The maximum atomic E-state index is 12.9. The fourth-order valence-electron chi connectivity index (χ4n) is 3.40. The van der Waals surface area contributed by atoms with E-state index < -0.39 is 5.41 Å². The summed E-state index contributed by atoms with van der Waals surface area (Å²) in [5.74, 6) is 0.223. The molecule has 136 valence electrons. The molecule has 2 aromatic rings. The van der Waals surface area contributed by atoms with Crippen molar-refractivity contribution in [3.05, 3.63) is 22.4 Å². The number of amides is 2. The van der Waals surface area contributed by atoms with E-state index in [4.69, 9.17) is 5.73 Å². The van der Waals surface area contributed by atoms with Crippen LogP contribution in [0.25, 0.3) is 9.40 Å². The number of thiophene rings is 2. The first-order valence-electron chi connectivity index (χ1n) is 8.80. The molecule has 0 aromatic carbocycles. The molecule has 0 radical (unpaired) electrons. The van der Waals surface area contributed by atoms with E-state index in [2.05, 4.69) is 6.07 Å². The second-order valence-electron chi connectivity index (χ2n) is 6.54. The number of rotatable bonds is 5. The van der Waals surface area contributed by atoms with Crippen LogP contribution in [-0.2, 0) is 4.79 Å². The predicted octanol–water partition coefficient (Wildman–Crippen LogP) is 3.01. The van der Waals surface area contributed by atoms with E-state index in [9.17, 15) is 9.59 Å². The van der Waals surface area contributed by atoms with Gasteiger partial charge in [0.2, 0.25) is 5.91 Å². The van der Waals surface area contributed by atoms with Crippen LogP contribution in [0, 0.1) is 5.41 Å². The van der Waals surface area contributed by atoms with Crippen LogP contribution in [0.1, 0.15) is 36.4 Å². The number of carbonyl (C=O) groups is 2. The maximum absolute atomic E-state index is 12.9. The minimum atomic E-state index is -0.454. The molecule has 5 nitrogen and oxygen atoms in total. The van der Waals surface area contributed by atoms with Crippen LogP contribution >= 0.6 is 22.7 Å². The minimum absolute atomic E-state index is 0.0802. The molecule has 3 rings (SSSR count). The fraction of sp³-hybridized carbons (Fsp3) is 0.556. The molecule has 25 heavy (non-hydrogen) atoms. The average Bonchev–Trinajstić information content (AvgIpc) is 3.25. The Morgan fingerprint density at radius 1 is 1.12 bits per heavy atom. The highest BCUT2D eigenvalue weighted by atomic mass is 32.1. The number of fused-ring (bicyclic) bond motifs is 1. The Morgan fingerprint density at radius 2 is 1.76 bits per heavy atom. The standard InChI is InChI=1S/C18H25N3O2S2/c1-3-18(4-2,12-19)17(23)21-8-6-20(7-9-21)16(22)15-11-14-13(25-15)5-10-24-14/h5,10-11H,3-4,6-9,12,19H2,1-2H3. The molecule has 0 unspecified atom stereocenters. The molecule has 0 aliphatic carbocycles. The lowest BCUT2D eigenvalue weighted by Crippen LogP contribution is -2.55. The minimum Gasteiger partial charge on any atom is -0.339 e. The van der Waals surface area contributed by atoms with E-state index in [-0.39, 0.29) is 11.8 Å².